The van der Waals surface area contributed by atoms with Crippen LogP contribution in [-0.2, 0) is 11.4 Å². The van der Waals surface area contributed by atoms with E-state index < -0.39 is 0 Å². The zero-order valence-corrected chi connectivity index (χ0v) is 15.8. The SMILES string of the molecule is Cc1noc(C)c1COc1ccc(C(=O)NCCCN2CCCC2=O)cc1. The Kier molecular flexibility index (Phi) is 6.11. The van der Waals surface area contributed by atoms with Gasteiger partial charge in [-0.3, -0.25) is 9.59 Å². The summed E-state index contributed by atoms with van der Waals surface area (Å²) in [5.41, 5.74) is 2.34. The van der Waals surface area contributed by atoms with Crippen molar-refractivity contribution < 1.29 is 18.8 Å². The van der Waals surface area contributed by atoms with Crippen LogP contribution in [-0.4, -0.2) is 41.5 Å². The molecule has 1 aliphatic rings. The van der Waals surface area contributed by atoms with Crippen LogP contribution in [0.3, 0.4) is 0 Å². The molecule has 2 heterocycles. The third-order valence-corrected chi connectivity index (χ3v) is 4.74. The lowest BCUT2D eigenvalue weighted by atomic mass is 10.2. The average molecular weight is 371 g/mol. The molecule has 7 heteroatoms. The summed E-state index contributed by atoms with van der Waals surface area (Å²) in [6.07, 6.45) is 2.35. The summed E-state index contributed by atoms with van der Waals surface area (Å²) in [7, 11) is 0. The van der Waals surface area contributed by atoms with E-state index >= 15 is 0 Å². The second kappa shape index (κ2) is 8.70. The van der Waals surface area contributed by atoms with E-state index in [0.29, 0.717) is 37.4 Å². The molecule has 0 atom stereocenters. The van der Waals surface area contributed by atoms with Crippen molar-refractivity contribution in [1.29, 1.82) is 0 Å². The van der Waals surface area contributed by atoms with E-state index in [1.807, 2.05) is 18.7 Å². The highest BCUT2D eigenvalue weighted by atomic mass is 16.5. The number of carbonyl (C=O) groups is 2. The fraction of sp³-hybridized carbons (Fsp3) is 0.450. The summed E-state index contributed by atoms with van der Waals surface area (Å²) in [6.45, 7) is 6.19. The van der Waals surface area contributed by atoms with Crippen LogP contribution in [0, 0.1) is 13.8 Å². The number of rotatable bonds is 8. The minimum atomic E-state index is -0.125. The van der Waals surface area contributed by atoms with Crippen molar-refractivity contribution in [3.8, 4) is 5.75 Å². The quantitative estimate of drug-likeness (QED) is 0.721. The molecule has 0 bridgehead atoms. The fourth-order valence-electron chi connectivity index (χ4n) is 3.08. The third-order valence-electron chi connectivity index (χ3n) is 4.74. The first-order valence-electron chi connectivity index (χ1n) is 9.25. The van der Waals surface area contributed by atoms with Gasteiger partial charge in [0.2, 0.25) is 5.91 Å². The molecule has 144 valence electrons. The molecule has 0 spiro atoms. The molecule has 1 fully saturated rings. The zero-order valence-electron chi connectivity index (χ0n) is 15.8. The predicted octanol–water partition coefficient (Wildman–Crippen LogP) is 2.61. The van der Waals surface area contributed by atoms with Crippen molar-refractivity contribution in [3.63, 3.8) is 0 Å². The summed E-state index contributed by atoms with van der Waals surface area (Å²) in [4.78, 5) is 25.6. The first-order chi connectivity index (χ1) is 13.0. The van der Waals surface area contributed by atoms with Gasteiger partial charge in [0, 0.05) is 31.6 Å². The van der Waals surface area contributed by atoms with Gasteiger partial charge in [-0.1, -0.05) is 5.16 Å². The van der Waals surface area contributed by atoms with E-state index in [0.717, 1.165) is 36.4 Å². The average Bonchev–Trinajstić information content (AvgIpc) is 3.22. The van der Waals surface area contributed by atoms with Crippen molar-refractivity contribution in [2.45, 2.75) is 39.7 Å². The van der Waals surface area contributed by atoms with Gasteiger partial charge in [0.15, 0.2) is 0 Å². The minimum Gasteiger partial charge on any atom is -0.489 e. The fourth-order valence-corrected chi connectivity index (χ4v) is 3.08. The summed E-state index contributed by atoms with van der Waals surface area (Å²) < 4.78 is 10.9. The Morgan fingerprint density at radius 1 is 1.30 bits per heavy atom. The number of aryl methyl sites for hydroxylation is 2. The van der Waals surface area contributed by atoms with E-state index in [9.17, 15) is 9.59 Å². The van der Waals surface area contributed by atoms with Gasteiger partial charge in [-0.15, -0.1) is 0 Å². The van der Waals surface area contributed by atoms with E-state index in [1.54, 1.807) is 24.3 Å². The number of hydrogen-bond acceptors (Lipinski definition) is 5. The molecule has 1 N–H and O–H groups in total. The number of nitrogens with zero attached hydrogens (tertiary/aromatic N) is 2. The highest BCUT2D eigenvalue weighted by Gasteiger charge is 2.19. The van der Waals surface area contributed by atoms with E-state index in [4.69, 9.17) is 9.26 Å². The smallest absolute Gasteiger partial charge is 0.251 e. The number of aromatic nitrogens is 1. The van der Waals surface area contributed by atoms with Crippen LogP contribution in [0.4, 0.5) is 0 Å². The molecule has 2 aromatic rings. The van der Waals surface area contributed by atoms with Gasteiger partial charge >= 0.3 is 0 Å². The molecule has 27 heavy (non-hydrogen) atoms. The van der Waals surface area contributed by atoms with Crippen molar-refractivity contribution in [2.75, 3.05) is 19.6 Å². The van der Waals surface area contributed by atoms with Gasteiger partial charge in [-0.05, 0) is 51.0 Å². The molecule has 2 amide bonds. The maximum Gasteiger partial charge on any atom is 0.251 e. The number of carbonyl (C=O) groups excluding carboxylic acids is 2. The lowest BCUT2D eigenvalue weighted by Gasteiger charge is -2.15. The Labute approximate surface area is 158 Å². The number of hydrogen-bond donors (Lipinski definition) is 1. The summed E-state index contributed by atoms with van der Waals surface area (Å²) in [6, 6.07) is 7.02. The summed E-state index contributed by atoms with van der Waals surface area (Å²) >= 11 is 0. The minimum absolute atomic E-state index is 0.125. The van der Waals surface area contributed by atoms with Crippen molar-refractivity contribution in [1.82, 2.24) is 15.4 Å². The predicted molar refractivity (Wildman–Crippen MR) is 99.5 cm³/mol. The van der Waals surface area contributed by atoms with Crippen molar-refractivity contribution in [3.05, 3.63) is 46.8 Å². The van der Waals surface area contributed by atoms with Gasteiger partial charge in [0.1, 0.15) is 18.1 Å². The standard InChI is InChI=1S/C20H25N3O4/c1-14-18(15(2)27-22-14)13-26-17-8-6-16(7-9-17)20(25)21-10-4-12-23-11-3-5-19(23)24/h6-9H,3-5,10-13H2,1-2H3,(H,21,25). The zero-order chi connectivity index (χ0) is 19.2. The van der Waals surface area contributed by atoms with E-state index in [2.05, 4.69) is 10.5 Å². The molecule has 1 aliphatic heterocycles. The molecule has 3 rings (SSSR count). The van der Waals surface area contributed by atoms with E-state index in [-0.39, 0.29) is 11.8 Å². The number of amides is 2. The maximum absolute atomic E-state index is 12.2. The van der Waals surface area contributed by atoms with Crippen LogP contribution in [0.2, 0.25) is 0 Å². The Bertz CT molecular complexity index is 779. The van der Waals surface area contributed by atoms with Crippen LogP contribution in [0.25, 0.3) is 0 Å². The van der Waals surface area contributed by atoms with Gasteiger partial charge in [-0.25, -0.2) is 0 Å². The van der Waals surface area contributed by atoms with Crippen LogP contribution in [0.5, 0.6) is 5.75 Å². The molecule has 1 aromatic heterocycles. The highest BCUT2D eigenvalue weighted by Crippen LogP contribution is 2.18. The number of likely N-dealkylation sites (tertiary alicyclic amines) is 1. The van der Waals surface area contributed by atoms with Crippen molar-refractivity contribution >= 4 is 11.8 Å². The molecule has 0 radical (unpaired) electrons. The number of nitrogens with one attached hydrogen (secondary N) is 1. The highest BCUT2D eigenvalue weighted by molar-refractivity contribution is 5.94. The van der Waals surface area contributed by atoms with E-state index in [1.165, 1.54) is 0 Å². The maximum atomic E-state index is 12.2. The molecule has 1 saturated heterocycles. The molecule has 0 unspecified atom stereocenters. The lowest BCUT2D eigenvalue weighted by Crippen LogP contribution is -2.30. The van der Waals surface area contributed by atoms with Crippen molar-refractivity contribution in [2.24, 2.45) is 0 Å². The van der Waals surface area contributed by atoms with Gasteiger partial charge in [0.05, 0.1) is 11.3 Å². The topological polar surface area (TPSA) is 84.7 Å². The van der Waals surface area contributed by atoms with Crippen LogP contribution >= 0.6 is 0 Å². The molecular weight excluding hydrogens is 346 g/mol. The largest absolute Gasteiger partial charge is 0.489 e. The Hall–Kier alpha value is -2.83. The molecule has 1 aromatic carbocycles. The first-order valence-corrected chi connectivity index (χ1v) is 9.25. The molecular formula is C20H25N3O4. The number of benzene rings is 1. The van der Waals surface area contributed by atoms with Crippen LogP contribution in [0.15, 0.2) is 28.8 Å². The van der Waals surface area contributed by atoms with Gasteiger partial charge in [-0.2, -0.15) is 0 Å². The third kappa shape index (κ3) is 4.87. The molecule has 0 aliphatic carbocycles. The molecule has 7 nitrogen and oxygen atoms in total. The first kappa shape index (κ1) is 18.9. The Morgan fingerprint density at radius 3 is 2.70 bits per heavy atom. The van der Waals surface area contributed by atoms with Crippen LogP contribution < -0.4 is 10.1 Å². The van der Waals surface area contributed by atoms with Crippen LogP contribution in [0.1, 0.15) is 46.6 Å². The number of ether oxygens (including phenoxy) is 1. The van der Waals surface area contributed by atoms with Gasteiger partial charge in [0.25, 0.3) is 5.91 Å². The summed E-state index contributed by atoms with van der Waals surface area (Å²) in [5.74, 6) is 1.52. The second-order valence-electron chi connectivity index (χ2n) is 6.71. The monoisotopic (exact) mass is 371 g/mol. The lowest BCUT2D eigenvalue weighted by molar-refractivity contribution is -0.127. The second-order valence-corrected chi connectivity index (χ2v) is 6.71. The molecule has 0 saturated carbocycles. The normalized spacial score (nSPS) is 13.9. The summed E-state index contributed by atoms with van der Waals surface area (Å²) in [5, 5.41) is 6.79. The Morgan fingerprint density at radius 2 is 2.07 bits per heavy atom. The van der Waals surface area contributed by atoms with Gasteiger partial charge < -0.3 is 19.5 Å². The Balaban J connectivity index is 1.42.